The van der Waals surface area contributed by atoms with Gasteiger partial charge in [0.15, 0.2) is 0 Å². The number of aliphatic hydroxyl groups excluding tert-OH is 1. The van der Waals surface area contributed by atoms with Gasteiger partial charge < -0.3 is 10.4 Å². The van der Waals surface area contributed by atoms with E-state index >= 15 is 0 Å². The maximum atomic E-state index is 8.98. The molecule has 4 nitrogen and oxygen atoms in total. The van der Waals surface area contributed by atoms with Gasteiger partial charge in [-0.3, -0.25) is 4.68 Å². The van der Waals surface area contributed by atoms with Crippen LogP contribution in [-0.4, -0.2) is 27.5 Å². The van der Waals surface area contributed by atoms with E-state index in [0.29, 0.717) is 12.0 Å². The lowest BCUT2D eigenvalue weighted by molar-refractivity contribution is 0.243. The summed E-state index contributed by atoms with van der Waals surface area (Å²) in [4.78, 5) is 0. The molecule has 4 heteroatoms. The molecule has 92 valence electrons. The Bertz CT molecular complexity index is 320. The highest BCUT2D eigenvalue weighted by molar-refractivity contribution is 5.08. The van der Waals surface area contributed by atoms with Crippen LogP contribution in [0, 0.1) is 12.8 Å². The van der Waals surface area contributed by atoms with E-state index in [9.17, 15) is 0 Å². The highest BCUT2D eigenvalue weighted by Crippen LogP contribution is 2.08. The number of aromatic nitrogens is 2. The number of hydrogen-bond acceptors (Lipinski definition) is 3. The van der Waals surface area contributed by atoms with Crippen LogP contribution in [0.2, 0.25) is 0 Å². The summed E-state index contributed by atoms with van der Waals surface area (Å²) >= 11 is 0. The van der Waals surface area contributed by atoms with E-state index in [1.165, 1.54) is 5.69 Å². The summed E-state index contributed by atoms with van der Waals surface area (Å²) in [5, 5.41) is 16.8. The zero-order chi connectivity index (χ0) is 12.1. The molecular formula is C12H23N3O. The lowest BCUT2D eigenvalue weighted by Crippen LogP contribution is -2.34. The van der Waals surface area contributed by atoms with Crippen molar-refractivity contribution in [3.63, 3.8) is 0 Å². The average Bonchev–Trinajstić information content (AvgIpc) is 2.51. The molecule has 1 atom stereocenters. The van der Waals surface area contributed by atoms with Crippen LogP contribution in [0.3, 0.4) is 0 Å². The molecule has 0 aromatic carbocycles. The van der Waals surface area contributed by atoms with Crippen LogP contribution in [0.15, 0.2) is 6.07 Å². The Hall–Kier alpha value is -0.870. The van der Waals surface area contributed by atoms with Gasteiger partial charge in [0.2, 0.25) is 0 Å². The first-order valence-electron chi connectivity index (χ1n) is 5.88. The summed E-state index contributed by atoms with van der Waals surface area (Å²) in [6.45, 7) is 7.38. The second-order valence-corrected chi connectivity index (χ2v) is 4.64. The van der Waals surface area contributed by atoms with Crippen LogP contribution < -0.4 is 5.32 Å². The summed E-state index contributed by atoms with van der Waals surface area (Å²) in [6.07, 6.45) is 0.800. The third-order valence-electron chi connectivity index (χ3n) is 2.89. The van der Waals surface area contributed by atoms with E-state index in [2.05, 4.69) is 30.3 Å². The molecule has 0 saturated carbocycles. The zero-order valence-electron chi connectivity index (χ0n) is 10.7. The lowest BCUT2D eigenvalue weighted by atomic mass is 10.0. The Morgan fingerprint density at radius 2 is 2.19 bits per heavy atom. The normalized spacial score (nSPS) is 13.4. The van der Waals surface area contributed by atoms with Gasteiger partial charge in [-0.15, -0.1) is 0 Å². The average molecular weight is 225 g/mol. The Balaban J connectivity index is 2.51. The van der Waals surface area contributed by atoms with Gasteiger partial charge in [0.25, 0.3) is 0 Å². The van der Waals surface area contributed by atoms with Crippen molar-refractivity contribution >= 4 is 0 Å². The van der Waals surface area contributed by atoms with Crippen molar-refractivity contribution in [1.29, 1.82) is 0 Å². The molecule has 16 heavy (non-hydrogen) atoms. The number of aliphatic hydroxyl groups is 1. The third-order valence-corrected chi connectivity index (χ3v) is 2.89. The van der Waals surface area contributed by atoms with Gasteiger partial charge in [0, 0.05) is 26.2 Å². The predicted octanol–water partition coefficient (Wildman–Crippen LogP) is 1.23. The largest absolute Gasteiger partial charge is 0.396 e. The molecule has 0 aliphatic heterocycles. The molecule has 0 spiro atoms. The Labute approximate surface area is 97.7 Å². The van der Waals surface area contributed by atoms with E-state index in [4.69, 9.17) is 5.11 Å². The van der Waals surface area contributed by atoms with Crippen molar-refractivity contribution in [1.82, 2.24) is 15.1 Å². The van der Waals surface area contributed by atoms with Gasteiger partial charge in [-0.2, -0.15) is 5.10 Å². The first-order valence-corrected chi connectivity index (χ1v) is 5.88. The summed E-state index contributed by atoms with van der Waals surface area (Å²) < 4.78 is 1.90. The minimum atomic E-state index is 0.236. The van der Waals surface area contributed by atoms with Crippen molar-refractivity contribution in [2.45, 2.75) is 39.8 Å². The minimum Gasteiger partial charge on any atom is -0.396 e. The topological polar surface area (TPSA) is 50.1 Å². The Morgan fingerprint density at radius 1 is 1.50 bits per heavy atom. The van der Waals surface area contributed by atoms with Crippen LogP contribution >= 0.6 is 0 Å². The Morgan fingerprint density at radius 3 is 2.62 bits per heavy atom. The first kappa shape index (κ1) is 13.2. The van der Waals surface area contributed by atoms with Crippen molar-refractivity contribution in [2.75, 3.05) is 6.61 Å². The van der Waals surface area contributed by atoms with Crippen molar-refractivity contribution in [3.05, 3.63) is 17.5 Å². The fourth-order valence-electron chi connectivity index (χ4n) is 1.88. The SMILES string of the molecule is Cc1cc(CNC(CCO)C(C)C)n(C)n1. The number of nitrogens with zero attached hydrogens (tertiary/aromatic N) is 2. The van der Waals surface area contributed by atoms with Crippen LogP contribution in [0.5, 0.6) is 0 Å². The molecule has 0 fully saturated rings. The molecule has 0 amide bonds. The highest BCUT2D eigenvalue weighted by atomic mass is 16.3. The van der Waals surface area contributed by atoms with Crippen molar-refractivity contribution in [2.24, 2.45) is 13.0 Å². The fraction of sp³-hybridized carbons (Fsp3) is 0.750. The minimum absolute atomic E-state index is 0.236. The Kier molecular flexibility index (Phi) is 4.96. The molecule has 0 radical (unpaired) electrons. The summed E-state index contributed by atoms with van der Waals surface area (Å²) in [5.74, 6) is 0.529. The van der Waals surface area contributed by atoms with Gasteiger partial charge in [-0.05, 0) is 25.3 Å². The maximum Gasteiger partial charge on any atom is 0.0597 e. The van der Waals surface area contributed by atoms with Gasteiger partial charge in [-0.1, -0.05) is 13.8 Å². The molecule has 2 N–H and O–H groups in total. The standard InChI is InChI=1S/C12H23N3O/c1-9(2)12(5-6-16)13-8-11-7-10(3)14-15(11)4/h7,9,12-13,16H,5-6,8H2,1-4H3. The third kappa shape index (κ3) is 3.61. The molecule has 0 saturated heterocycles. The summed E-state index contributed by atoms with van der Waals surface area (Å²) in [7, 11) is 1.96. The lowest BCUT2D eigenvalue weighted by Gasteiger charge is -2.21. The van der Waals surface area contributed by atoms with E-state index in [1.807, 2.05) is 18.7 Å². The zero-order valence-corrected chi connectivity index (χ0v) is 10.7. The van der Waals surface area contributed by atoms with Gasteiger partial charge in [0.05, 0.1) is 11.4 Å². The van der Waals surface area contributed by atoms with Gasteiger partial charge >= 0.3 is 0 Å². The molecule has 1 aromatic heterocycles. The second-order valence-electron chi connectivity index (χ2n) is 4.64. The number of nitrogens with one attached hydrogen (secondary N) is 1. The number of hydrogen-bond donors (Lipinski definition) is 2. The molecule has 0 aliphatic rings. The molecular weight excluding hydrogens is 202 g/mol. The van der Waals surface area contributed by atoms with E-state index < -0.39 is 0 Å². The van der Waals surface area contributed by atoms with E-state index in [1.54, 1.807) is 0 Å². The smallest absolute Gasteiger partial charge is 0.0597 e. The molecule has 0 bridgehead atoms. The number of rotatable bonds is 6. The molecule has 0 aliphatic carbocycles. The van der Waals surface area contributed by atoms with Crippen LogP contribution in [0.1, 0.15) is 31.7 Å². The van der Waals surface area contributed by atoms with Crippen LogP contribution in [0.25, 0.3) is 0 Å². The molecule has 1 aromatic rings. The fourth-order valence-corrected chi connectivity index (χ4v) is 1.88. The maximum absolute atomic E-state index is 8.98. The summed E-state index contributed by atoms with van der Waals surface area (Å²) in [5.41, 5.74) is 2.23. The molecule has 1 heterocycles. The molecule has 1 rings (SSSR count). The number of aryl methyl sites for hydroxylation is 2. The van der Waals surface area contributed by atoms with Crippen molar-refractivity contribution < 1.29 is 5.11 Å². The van der Waals surface area contributed by atoms with E-state index in [-0.39, 0.29) is 6.61 Å². The second kappa shape index (κ2) is 6.01. The highest BCUT2D eigenvalue weighted by Gasteiger charge is 2.12. The van der Waals surface area contributed by atoms with Gasteiger partial charge in [0.1, 0.15) is 0 Å². The van der Waals surface area contributed by atoms with Crippen molar-refractivity contribution in [3.8, 4) is 0 Å². The van der Waals surface area contributed by atoms with Crippen LogP contribution in [0.4, 0.5) is 0 Å². The summed E-state index contributed by atoms with van der Waals surface area (Å²) in [6, 6.07) is 2.45. The predicted molar refractivity (Wildman–Crippen MR) is 65.1 cm³/mol. The molecule has 1 unspecified atom stereocenters. The van der Waals surface area contributed by atoms with E-state index in [0.717, 1.165) is 18.7 Å². The van der Waals surface area contributed by atoms with Crippen LogP contribution in [-0.2, 0) is 13.6 Å². The first-order chi connectivity index (χ1) is 7.54. The monoisotopic (exact) mass is 225 g/mol. The quantitative estimate of drug-likeness (QED) is 0.765. The van der Waals surface area contributed by atoms with Gasteiger partial charge in [-0.25, -0.2) is 0 Å².